The molecule has 0 radical (unpaired) electrons. The lowest BCUT2D eigenvalue weighted by molar-refractivity contribution is -0.140. The van der Waals surface area contributed by atoms with Gasteiger partial charge in [0.1, 0.15) is 5.78 Å². The Hall–Kier alpha value is -2.50. The molecule has 7 atom stereocenters. The number of thioether (sulfide) groups is 1. The minimum atomic E-state index is -0.423. The Morgan fingerprint density at radius 2 is 2.08 bits per heavy atom. The largest absolute Gasteiger partial charge is 0.393 e. The molecule has 4 aliphatic rings. The maximum Gasteiger partial charge on any atom is 0.187 e. The van der Waals surface area contributed by atoms with Crippen LogP contribution < -0.4 is 0 Å². The van der Waals surface area contributed by atoms with Crippen molar-refractivity contribution >= 4 is 23.6 Å². The molecule has 0 aromatic carbocycles. The molecule has 7 unspecified atom stereocenters. The fraction of sp³-hybridized carbons (Fsp3) is 0.621. The number of ketones is 1. The zero-order valence-corrected chi connectivity index (χ0v) is 22.5. The summed E-state index contributed by atoms with van der Waals surface area (Å²) in [6.07, 6.45) is 13.4. The molecule has 2 heterocycles. The summed E-state index contributed by atoms with van der Waals surface area (Å²) in [7, 11) is 0. The van der Waals surface area contributed by atoms with E-state index in [0.717, 1.165) is 37.8 Å². The van der Waals surface area contributed by atoms with Crippen LogP contribution >= 0.6 is 11.8 Å². The summed E-state index contributed by atoms with van der Waals surface area (Å²) in [6, 6.07) is 4.01. The SMILES string of the molecule is CC12Cc3cnn(CCC#N)c3C=C1CCC1C2C(O)CC2(C)C(C(=O)CSc3ncccn3)CCC12. The van der Waals surface area contributed by atoms with E-state index in [1.807, 2.05) is 10.9 Å². The van der Waals surface area contributed by atoms with Crippen LogP contribution in [0.4, 0.5) is 0 Å². The monoisotopic (exact) mass is 517 g/mol. The molecule has 6 rings (SSSR count). The second kappa shape index (κ2) is 9.36. The zero-order valence-electron chi connectivity index (χ0n) is 21.6. The molecule has 2 aromatic rings. The second-order valence-corrected chi connectivity index (χ2v) is 12.9. The number of rotatable bonds is 6. The first kappa shape index (κ1) is 24.8. The van der Waals surface area contributed by atoms with Crippen LogP contribution in [0.25, 0.3) is 6.08 Å². The number of aliphatic hydroxyl groups excluding tert-OH is 1. The van der Waals surface area contributed by atoms with Crippen LogP contribution in [0, 0.1) is 45.8 Å². The first-order valence-electron chi connectivity index (χ1n) is 13.6. The molecule has 194 valence electrons. The molecule has 0 saturated heterocycles. The zero-order chi connectivity index (χ0) is 25.8. The molecule has 3 fully saturated rings. The highest BCUT2D eigenvalue weighted by atomic mass is 32.2. The first-order valence-corrected chi connectivity index (χ1v) is 14.6. The highest BCUT2D eigenvalue weighted by molar-refractivity contribution is 7.99. The van der Waals surface area contributed by atoms with Gasteiger partial charge in [0.25, 0.3) is 0 Å². The third kappa shape index (κ3) is 3.97. The Morgan fingerprint density at radius 3 is 2.86 bits per heavy atom. The quantitative estimate of drug-likeness (QED) is 0.437. The van der Waals surface area contributed by atoms with Crippen molar-refractivity contribution in [3.63, 3.8) is 0 Å². The Balaban J connectivity index is 1.23. The highest BCUT2D eigenvalue weighted by Crippen LogP contribution is 2.66. The van der Waals surface area contributed by atoms with Crippen LogP contribution in [0.15, 0.2) is 35.4 Å². The van der Waals surface area contributed by atoms with Crippen LogP contribution in [0.1, 0.15) is 63.6 Å². The average Bonchev–Trinajstić information content (AvgIpc) is 3.44. The summed E-state index contributed by atoms with van der Waals surface area (Å²) in [5.74, 6) is 1.75. The minimum Gasteiger partial charge on any atom is -0.393 e. The van der Waals surface area contributed by atoms with E-state index in [-0.39, 0.29) is 28.4 Å². The number of fused-ring (bicyclic) bond motifs is 6. The topological polar surface area (TPSA) is 105 Å². The van der Waals surface area contributed by atoms with Gasteiger partial charge in [0.2, 0.25) is 0 Å². The van der Waals surface area contributed by atoms with Gasteiger partial charge in [0.05, 0.1) is 42.8 Å². The van der Waals surface area contributed by atoms with Crippen molar-refractivity contribution in [1.29, 1.82) is 5.26 Å². The van der Waals surface area contributed by atoms with E-state index in [1.165, 1.54) is 22.9 Å². The summed E-state index contributed by atoms with van der Waals surface area (Å²) < 4.78 is 1.97. The van der Waals surface area contributed by atoms with Gasteiger partial charge >= 0.3 is 0 Å². The van der Waals surface area contributed by atoms with Gasteiger partial charge < -0.3 is 5.11 Å². The van der Waals surface area contributed by atoms with Crippen molar-refractivity contribution in [2.75, 3.05) is 5.75 Å². The maximum absolute atomic E-state index is 13.5. The van der Waals surface area contributed by atoms with Crippen LogP contribution in [0.2, 0.25) is 0 Å². The van der Waals surface area contributed by atoms with Crippen molar-refractivity contribution in [3.8, 4) is 6.07 Å². The lowest BCUT2D eigenvalue weighted by Gasteiger charge is -2.59. The molecular weight excluding hydrogens is 482 g/mol. The molecule has 0 bridgehead atoms. The number of hydrogen-bond acceptors (Lipinski definition) is 7. The van der Waals surface area contributed by atoms with Crippen LogP contribution in [0.3, 0.4) is 0 Å². The number of Topliss-reactive ketones (excluding diaryl/α,β-unsaturated/α-hetero) is 1. The second-order valence-electron chi connectivity index (χ2n) is 12.0. The number of hydrogen-bond donors (Lipinski definition) is 1. The van der Waals surface area contributed by atoms with Crippen molar-refractivity contribution in [2.45, 2.75) is 76.6 Å². The standard InChI is InChI=1S/C29H35N5O2S/c1-28-14-18-16-33-34(12-3-9-30)23(18)13-19(28)5-6-20-21-7-8-22(29(21,2)15-24(35)26(20)28)25(36)17-37-27-31-10-4-11-32-27/h4,10-11,13,16,20-22,24,26,35H,3,5-8,12,14-15,17H2,1-2H3. The van der Waals surface area contributed by atoms with Gasteiger partial charge in [-0.3, -0.25) is 9.48 Å². The molecular formula is C29H35N5O2S. The van der Waals surface area contributed by atoms with E-state index in [9.17, 15) is 9.90 Å². The Morgan fingerprint density at radius 1 is 1.27 bits per heavy atom. The summed E-state index contributed by atoms with van der Waals surface area (Å²) in [6.45, 7) is 5.25. The van der Waals surface area contributed by atoms with E-state index in [4.69, 9.17) is 5.26 Å². The summed E-state index contributed by atoms with van der Waals surface area (Å²) >= 11 is 1.42. The van der Waals surface area contributed by atoms with E-state index >= 15 is 0 Å². The molecule has 4 aliphatic carbocycles. The number of nitriles is 1. The van der Waals surface area contributed by atoms with E-state index in [2.05, 4.69) is 41.1 Å². The predicted molar refractivity (Wildman–Crippen MR) is 141 cm³/mol. The van der Waals surface area contributed by atoms with Crippen molar-refractivity contribution in [3.05, 3.63) is 41.5 Å². The number of carbonyl (C=O) groups is 1. The number of aromatic nitrogens is 4. The van der Waals surface area contributed by atoms with Crippen molar-refractivity contribution in [2.24, 2.45) is 34.5 Å². The third-order valence-electron chi connectivity index (χ3n) is 10.2. The molecule has 37 heavy (non-hydrogen) atoms. The first-order chi connectivity index (χ1) is 17.8. The Bertz CT molecular complexity index is 1270. The van der Waals surface area contributed by atoms with Crippen LogP contribution in [-0.4, -0.2) is 42.5 Å². The van der Waals surface area contributed by atoms with Crippen LogP contribution in [-0.2, 0) is 17.8 Å². The fourth-order valence-electron chi connectivity index (χ4n) is 8.70. The van der Waals surface area contributed by atoms with Gasteiger partial charge in [-0.15, -0.1) is 0 Å². The minimum absolute atomic E-state index is 0.00891. The number of aliphatic hydroxyl groups is 1. The summed E-state index contributed by atoms with van der Waals surface area (Å²) in [5, 5.41) is 26.0. The molecule has 3 saturated carbocycles. The van der Waals surface area contributed by atoms with Gasteiger partial charge in [-0.25, -0.2) is 9.97 Å². The van der Waals surface area contributed by atoms with Crippen molar-refractivity contribution in [1.82, 2.24) is 19.7 Å². The summed E-state index contributed by atoms with van der Waals surface area (Å²) in [5.41, 5.74) is 3.54. The van der Waals surface area contributed by atoms with E-state index in [0.29, 0.717) is 42.1 Å². The highest BCUT2D eigenvalue weighted by Gasteiger charge is 2.63. The predicted octanol–water partition coefficient (Wildman–Crippen LogP) is 4.72. The fourth-order valence-corrected chi connectivity index (χ4v) is 9.44. The lowest BCUT2D eigenvalue weighted by Crippen LogP contribution is -2.57. The molecule has 7 nitrogen and oxygen atoms in total. The van der Waals surface area contributed by atoms with E-state index < -0.39 is 6.10 Å². The molecule has 0 spiro atoms. The Labute approximate surface area is 222 Å². The normalized spacial score (nSPS) is 35.9. The lowest BCUT2D eigenvalue weighted by atomic mass is 9.46. The van der Waals surface area contributed by atoms with Gasteiger partial charge in [-0.05, 0) is 84.8 Å². The van der Waals surface area contributed by atoms with Gasteiger partial charge in [0.15, 0.2) is 5.16 Å². The van der Waals surface area contributed by atoms with Gasteiger partial charge in [0, 0.05) is 18.3 Å². The van der Waals surface area contributed by atoms with Crippen molar-refractivity contribution < 1.29 is 9.90 Å². The van der Waals surface area contributed by atoms with Gasteiger partial charge in [-0.1, -0.05) is 31.2 Å². The molecule has 2 aromatic heterocycles. The maximum atomic E-state index is 13.5. The smallest absolute Gasteiger partial charge is 0.187 e. The molecule has 0 aliphatic heterocycles. The van der Waals surface area contributed by atoms with Gasteiger partial charge in [-0.2, -0.15) is 10.4 Å². The van der Waals surface area contributed by atoms with Crippen LogP contribution in [0.5, 0.6) is 0 Å². The van der Waals surface area contributed by atoms with E-state index in [1.54, 1.807) is 18.5 Å². The number of aryl methyl sites for hydroxylation is 1. The molecule has 1 N–H and O–H groups in total. The third-order valence-corrected chi connectivity index (χ3v) is 11.1. The number of carbonyl (C=O) groups excluding carboxylic acids is 1. The summed E-state index contributed by atoms with van der Waals surface area (Å²) in [4.78, 5) is 22.0. The Kier molecular flexibility index (Phi) is 6.27. The number of nitrogens with zero attached hydrogens (tertiary/aromatic N) is 5. The average molecular weight is 518 g/mol. The molecule has 8 heteroatoms. The molecule has 0 amide bonds. The number of allylic oxidation sites excluding steroid dienone is 1.